The second kappa shape index (κ2) is 8.97. The minimum atomic E-state index is 0.744. The molecule has 0 amide bonds. The molecule has 1 aliphatic rings. The van der Waals surface area contributed by atoms with Crippen molar-refractivity contribution in [1.29, 1.82) is 0 Å². The second-order valence-electron chi connectivity index (χ2n) is 6.61. The molecule has 0 radical (unpaired) electrons. The smallest absolute Gasteiger partial charge is 0.0105 e. The molecule has 0 aromatic heterocycles. The lowest BCUT2D eigenvalue weighted by atomic mass is 9.76. The van der Waals surface area contributed by atoms with Crippen LogP contribution in [0.4, 0.5) is 0 Å². The van der Waals surface area contributed by atoms with Gasteiger partial charge in [0.05, 0.1) is 0 Å². The van der Waals surface area contributed by atoms with Crippen molar-refractivity contribution in [2.45, 2.75) is 65.8 Å². The molecule has 1 rings (SSSR count). The van der Waals surface area contributed by atoms with Crippen LogP contribution in [-0.4, -0.2) is 37.6 Å². The third-order valence-corrected chi connectivity index (χ3v) is 5.25. The molecule has 4 atom stereocenters. The Morgan fingerprint density at radius 1 is 1.21 bits per heavy atom. The van der Waals surface area contributed by atoms with Crippen LogP contribution in [0.25, 0.3) is 0 Å². The van der Waals surface area contributed by atoms with E-state index >= 15 is 0 Å². The van der Waals surface area contributed by atoms with E-state index in [2.05, 4.69) is 45.0 Å². The van der Waals surface area contributed by atoms with E-state index in [-0.39, 0.29) is 0 Å². The molecular weight excluding hydrogens is 232 g/mol. The van der Waals surface area contributed by atoms with E-state index in [0.29, 0.717) is 0 Å². The van der Waals surface area contributed by atoms with Gasteiger partial charge in [0.25, 0.3) is 0 Å². The summed E-state index contributed by atoms with van der Waals surface area (Å²) in [6.45, 7) is 13.1. The van der Waals surface area contributed by atoms with Crippen LogP contribution in [0.2, 0.25) is 0 Å². The Kier molecular flexibility index (Phi) is 8.01. The zero-order valence-corrected chi connectivity index (χ0v) is 13.9. The molecule has 0 saturated heterocycles. The van der Waals surface area contributed by atoms with Crippen molar-refractivity contribution in [3.8, 4) is 0 Å². The number of hydrogen-bond acceptors (Lipinski definition) is 2. The van der Waals surface area contributed by atoms with Gasteiger partial charge in [0.1, 0.15) is 0 Å². The fourth-order valence-corrected chi connectivity index (χ4v) is 3.55. The van der Waals surface area contributed by atoms with E-state index < -0.39 is 0 Å². The molecule has 1 N–H and O–H groups in total. The maximum absolute atomic E-state index is 3.57. The molecule has 114 valence electrons. The van der Waals surface area contributed by atoms with Crippen LogP contribution in [0.5, 0.6) is 0 Å². The maximum Gasteiger partial charge on any atom is 0.0105 e. The average Bonchev–Trinajstić information content (AvgIpc) is 2.45. The van der Waals surface area contributed by atoms with Crippen LogP contribution in [0.1, 0.15) is 59.8 Å². The van der Waals surface area contributed by atoms with Gasteiger partial charge in [-0.3, -0.25) is 0 Å². The lowest BCUT2D eigenvalue weighted by Gasteiger charge is -2.39. The molecule has 0 spiro atoms. The lowest BCUT2D eigenvalue weighted by molar-refractivity contribution is 0.134. The molecule has 1 fully saturated rings. The van der Waals surface area contributed by atoms with Gasteiger partial charge in [0, 0.05) is 19.1 Å². The second-order valence-corrected chi connectivity index (χ2v) is 6.61. The molecule has 19 heavy (non-hydrogen) atoms. The molecule has 1 saturated carbocycles. The highest BCUT2D eigenvalue weighted by Crippen LogP contribution is 2.32. The van der Waals surface area contributed by atoms with E-state index in [0.717, 1.165) is 23.8 Å². The molecule has 2 heteroatoms. The van der Waals surface area contributed by atoms with Gasteiger partial charge in [0.2, 0.25) is 0 Å². The summed E-state index contributed by atoms with van der Waals surface area (Å²) in [5.41, 5.74) is 0. The third kappa shape index (κ3) is 5.43. The molecule has 1 aliphatic carbocycles. The van der Waals surface area contributed by atoms with Crippen LogP contribution >= 0.6 is 0 Å². The van der Waals surface area contributed by atoms with Gasteiger partial charge in [0.15, 0.2) is 0 Å². The summed E-state index contributed by atoms with van der Waals surface area (Å²) in [4.78, 5) is 2.68. The predicted molar refractivity (Wildman–Crippen MR) is 85.5 cm³/mol. The molecule has 4 unspecified atom stereocenters. The Labute approximate surface area is 121 Å². The predicted octanol–water partition coefficient (Wildman–Crippen LogP) is 3.77. The summed E-state index contributed by atoms with van der Waals surface area (Å²) in [6.07, 6.45) is 6.90. The standard InChI is InChI=1S/C17H36N2/c1-6-14(4)12-19(8-3)13-16-11-15(7-2)9-10-17(16)18-5/h14-18H,6-13H2,1-5H3. The van der Waals surface area contributed by atoms with Gasteiger partial charge in [-0.15, -0.1) is 0 Å². The highest BCUT2D eigenvalue weighted by molar-refractivity contribution is 4.85. The number of rotatable bonds is 8. The molecular formula is C17H36N2. The highest BCUT2D eigenvalue weighted by atomic mass is 15.1. The zero-order valence-electron chi connectivity index (χ0n) is 13.9. The van der Waals surface area contributed by atoms with Gasteiger partial charge in [-0.2, -0.15) is 0 Å². The van der Waals surface area contributed by atoms with E-state index in [1.165, 1.54) is 51.7 Å². The van der Waals surface area contributed by atoms with Crippen molar-refractivity contribution in [3.63, 3.8) is 0 Å². The summed E-state index contributed by atoms with van der Waals surface area (Å²) < 4.78 is 0. The number of nitrogens with one attached hydrogen (secondary N) is 1. The Bertz CT molecular complexity index is 229. The van der Waals surface area contributed by atoms with Gasteiger partial charge < -0.3 is 10.2 Å². The van der Waals surface area contributed by atoms with E-state index in [9.17, 15) is 0 Å². The van der Waals surface area contributed by atoms with Gasteiger partial charge in [-0.05, 0) is 50.6 Å². The van der Waals surface area contributed by atoms with Crippen LogP contribution < -0.4 is 5.32 Å². The summed E-state index contributed by atoms with van der Waals surface area (Å²) in [6, 6.07) is 0.744. The molecule has 0 bridgehead atoms. The monoisotopic (exact) mass is 268 g/mol. The summed E-state index contributed by atoms with van der Waals surface area (Å²) in [7, 11) is 2.15. The maximum atomic E-state index is 3.57. The third-order valence-electron chi connectivity index (χ3n) is 5.25. The molecule has 2 nitrogen and oxygen atoms in total. The molecule has 0 aliphatic heterocycles. The lowest BCUT2D eigenvalue weighted by Crippen LogP contribution is -2.45. The van der Waals surface area contributed by atoms with Crippen molar-refractivity contribution in [2.24, 2.45) is 17.8 Å². The fourth-order valence-electron chi connectivity index (χ4n) is 3.55. The SMILES string of the molecule is CCC(C)CN(CC)CC1CC(CC)CCC1NC. The van der Waals surface area contributed by atoms with Crippen molar-refractivity contribution in [1.82, 2.24) is 10.2 Å². The summed E-state index contributed by atoms with van der Waals surface area (Å²) >= 11 is 0. The highest BCUT2D eigenvalue weighted by Gasteiger charge is 2.29. The fraction of sp³-hybridized carbons (Fsp3) is 1.00. The quantitative estimate of drug-likeness (QED) is 0.721. The van der Waals surface area contributed by atoms with Crippen molar-refractivity contribution < 1.29 is 0 Å². The van der Waals surface area contributed by atoms with Crippen LogP contribution in [-0.2, 0) is 0 Å². The Morgan fingerprint density at radius 2 is 1.95 bits per heavy atom. The molecule has 0 aromatic rings. The van der Waals surface area contributed by atoms with E-state index in [4.69, 9.17) is 0 Å². The van der Waals surface area contributed by atoms with Gasteiger partial charge in [-0.1, -0.05) is 40.5 Å². The summed E-state index contributed by atoms with van der Waals surface area (Å²) in [5, 5.41) is 3.57. The first kappa shape index (κ1) is 17.0. The minimum absolute atomic E-state index is 0.744. The zero-order chi connectivity index (χ0) is 14.3. The van der Waals surface area contributed by atoms with Crippen molar-refractivity contribution in [2.75, 3.05) is 26.7 Å². The first-order chi connectivity index (χ1) is 9.14. The Balaban J connectivity index is 2.53. The van der Waals surface area contributed by atoms with Crippen LogP contribution in [0.15, 0.2) is 0 Å². The van der Waals surface area contributed by atoms with Gasteiger partial charge in [-0.25, -0.2) is 0 Å². The average molecular weight is 268 g/mol. The normalized spacial score (nSPS) is 29.7. The molecule has 0 heterocycles. The molecule has 0 aromatic carbocycles. The van der Waals surface area contributed by atoms with Crippen LogP contribution in [0, 0.1) is 17.8 Å². The Hall–Kier alpha value is -0.0800. The first-order valence-electron chi connectivity index (χ1n) is 8.54. The van der Waals surface area contributed by atoms with E-state index in [1.54, 1.807) is 0 Å². The summed E-state index contributed by atoms with van der Waals surface area (Å²) in [5.74, 6) is 2.66. The first-order valence-corrected chi connectivity index (χ1v) is 8.54. The topological polar surface area (TPSA) is 15.3 Å². The van der Waals surface area contributed by atoms with E-state index in [1.807, 2.05) is 0 Å². The van der Waals surface area contributed by atoms with Crippen LogP contribution in [0.3, 0.4) is 0 Å². The van der Waals surface area contributed by atoms with Crippen molar-refractivity contribution >= 4 is 0 Å². The largest absolute Gasteiger partial charge is 0.317 e. The van der Waals surface area contributed by atoms with Crippen molar-refractivity contribution in [3.05, 3.63) is 0 Å². The number of hydrogen-bond donors (Lipinski definition) is 1. The Morgan fingerprint density at radius 3 is 2.47 bits per heavy atom. The van der Waals surface area contributed by atoms with Gasteiger partial charge >= 0.3 is 0 Å². The number of nitrogens with zero attached hydrogens (tertiary/aromatic N) is 1. The minimum Gasteiger partial charge on any atom is -0.317 e.